The highest BCUT2D eigenvalue weighted by molar-refractivity contribution is 5.22. The highest BCUT2D eigenvalue weighted by Crippen LogP contribution is 2.18. The number of hydrogen-bond donors (Lipinski definition) is 0. The first-order valence-corrected chi connectivity index (χ1v) is 5.76. The largest absolute Gasteiger partial charge is 0.346 e. The molecule has 16 heavy (non-hydrogen) atoms. The fraction of sp³-hybridized carbons (Fsp3) is 0.429. The molecule has 3 atom stereocenters. The Hall–Kier alpha value is -1.12. The molecule has 0 bridgehead atoms. The van der Waals surface area contributed by atoms with Crippen LogP contribution in [0.4, 0.5) is 0 Å². The molecule has 0 aromatic heterocycles. The third-order valence-electron chi connectivity index (χ3n) is 2.74. The Balaban J connectivity index is 1.92. The van der Waals surface area contributed by atoms with Crippen LogP contribution in [0.3, 0.4) is 0 Å². The fourth-order valence-electron chi connectivity index (χ4n) is 1.76. The van der Waals surface area contributed by atoms with E-state index in [2.05, 4.69) is 37.3 Å². The molecule has 1 fully saturated rings. The molecule has 0 N–H and O–H groups in total. The van der Waals surface area contributed by atoms with E-state index in [1.807, 2.05) is 19.1 Å². The predicted molar refractivity (Wildman–Crippen MR) is 64.3 cm³/mol. The first kappa shape index (κ1) is 11.4. The van der Waals surface area contributed by atoms with Crippen molar-refractivity contribution in [2.75, 3.05) is 6.61 Å². The Kier molecular flexibility index (Phi) is 3.75. The van der Waals surface area contributed by atoms with Gasteiger partial charge in [-0.05, 0) is 24.5 Å². The molecule has 0 saturated carbocycles. The van der Waals surface area contributed by atoms with Crippen molar-refractivity contribution in [2.45, 2.75) is 32.2 Å². The molecule has 2 heteroatoms. The Labute approximate surface area is 96.9 Å². The Bertz CT molecular complexity index is 345. The van der Waals surface area contributed by atoms with Gasteiger partial charge in [-0.1, -0.05) is 43.3 Å². The van der Waals surface area contributed by atoms with E-state index < -0.39 is 0 Å². The predicted octanol–water partition coefficient (Wildman–Crippen LogP) is 3.11. The number of benzene rings is 1. The van der Waals surface area contributed by atoms with Crippen molar-refractivity contribution in [1.82, 2.24) is 0 Å². The Morgan fingerprint density at radius 3 is 2.69 bits per heavy atom. The van der Waals surface area contributed by atoms with Crippen LogP contribution in [-0.2, 0) is 9.47 Å². The molecule has 0 radical (unpaired) electrons. The van der Waals surface area contributed by atoms with Crippen molar-refractivity contribution >= 4 is 0 Å². The third-order valence-corrected chi connectivity index (χ3v) is 2.74. The van der Waals surface area contributed by atoms with Gasteiger partial charge in [0.1, 0.15) is 0 Å². The smallest absolute Gasteiger partial charge is 0.177 e. The van der Waals surface area contributed by atoms with E-state index in [0.29, 0.717) is 12.5 Å². The van der Waals surface area contributed by atoms with Crippen molar-refractivity contribution in [3.63, 3.8) is 0 Å². The summed E-state index contributed by atoms with van der Waals surface area (Å²) >= 11 is 0. The van der Waals surface area contributed by atoms with Gasteiger partial charge in [0.05, 0.1) is 12.7 Å². The molecule has 1 aliphatic heterocycles. The number of rotatable bonds is 3. The van der Waals surface area contributed by atoms with E-state index in [1.165, 1.54) is 5.56 Å². The van der Waals surface area contributed by atoms with Crippen molar-refractivity contribution < 1.29 is 9.47 Å². The summed E-state index contributed by atoms with van der Waals surface area (Å²) in [5.41, 5.74) is 1.31. The molecule has 1 heterocycles. The van der Waals surface area contributed by atoms with Crippen molar-refractivity contribution in [1.29, 1.82) is 0 Å². The standard InChI is InChI=1S/C14H18O2/c1-11(13-6-4-3-5-7-13)8-9-14-15-10-12(2)16-14/h3-9,11-12,14H,10H2,1-2H3. The summed E-state index contributed by atoms with van der Waals surface area (Å²) < 4.78 is 11.0. The highest BCUT2D eigenvalue weighted by atomic mass is 16.7. The van der Waals surface area contributed by atoms with E-state index in [-0.39, 0.29) is 12.4 Å². The fourth-order valence-corrected chi connectivity index (χ4v) is 1.76. The Morgan fingerprint density at radius 2 is 2.06 bits per heavy atom. The average molecular weight is 218 g/mol. The quantitative estimate of drug-likeness (QED) is 0.726. The molecule has 0 aliphatic carbocycles. The molecule has 0 spiro atoms. The zero-order valence-corrected chi connectivity index (χ0v) is 9.80. The lowest BCUT2D eigenvalue weighted by atomic mass is 10.0. The summed E-state index contributed by atoms with van der Waals surface area (Å²) in [5, 5.41) is 0. The van der Waals surface area contributed by atoms with Gasteiger partial charge in [-0.15, -0.1) is 0 Å². The summed E-state index contributed by atoms with van der Waals surface area (Å²) in [5.74, 6) is 0.393. The lowest BCUT2D eigenvalue weighted by Gasteiger charge is -2.08. The van der Waals surface area contributed by atoms with Crippen LogP contribution in [0.25, 0.3) is 0 Å². The molecule has 86 valence electrons. The van der Waals surface area contributed by atoms with Crippen LogP contribution in [0.15, 0.2) is 42.5 Å². The minimum absolute atomic E-state index is 0.166. The van der Waals surface area contributed by atoms with Crippen LogP contribution in [-0.4, -0.2) is 19.0 Å². The molecular weight excluding hydrogens is 200 g/mol. The number of allylic oxidation sites excluding steroid dienone is 1. The van der Waals surface area contributed by atoms with Gasteiger partial charge in [0.2, 0.25) is 0 Å². The minimum Gasteiger partial charge on any atom is -0.346 e. The van der Waals surface area contributed by atoms with Gasteiger partial charge in [0.15, 0.2) is 6.29 Å². The summed E-state index contributed by atoms with van der Waals surface area (Å²) in [4.78, 5) is 0. The molecule has 2 rings (SSSR count). The molecular formula is C14H18O2. The summed E-state index contributed by atoms with van der Waals surface area (Å²) in [6.07, 6.45) is 4.18. The maximum Gasteiger partial charge on any atom is 0.177 e. The second kappa shape index (κ2) is 5.28. The van der Waals surface area contributed by atoms with Crippen molar-refractivity contribution in [3.8, 4) is 0 Å². The minimum atomic E-state index is -0.166. The average Bonchev–Trinajstić information content (AvgIpc) is 2.73. The Morgan fingerprint density at radius 1 is 1.31 bits per heavy atom. The van der Waals surface area contributed by atoms with Crippen LogP contribution in [0, 0.1) is 0 Å². The first-order chi connectivity index (χ1) is 7.75. The van der Waals surface area contributed by atoms with E-state index in [0.717, 1.165) is 0 Å². The van der Waals surface area contributed by atoms with Crippen molar-refractivity contribution in [3.05, 3.63) is 48.0 Å². The lowest BCUT2D eigenvalue weighted by Crippen LogP contribution is -2.06. The third kappa shape index (κ3) is 2.94. The molecule has 3 unspecified atom stereocenters. The molecule has 0 amide bonds. The van der Waals surface area contributed by atoms with Crippen LogP contribution in [0.1, 0.15) is 25.3 Å². The zero-order valence-electron chi connectivity index (χ0n) is 9.80. The molecule has 2 nitrogen and oxygen atoms in total. The van der Waals surface area contributed by atoms with Gasteiger partial charge in [-0.2, -0.15) is 0 Å². The van der Waals surface area contributed by atoms with Gasteiger partial charge < -0.3 is 9.47 Å². The van der Waals surface area contributed by atoms with Crippen molar-refractivity contribution in [2.24, 2.45) is 0 Å². The monoisotopic (exact) mass is 218 g/mol. The zero-order chi connectivity index (χ0) is 11.4. The van der Waals surface area contributed by atoms with E-state index in [4.69, 9.17) is 9.47 Å². The molecule has 1 aliphatic rings. The summed E-state index contributed by atoms with van der Waals surface area (Å²) in [6.45, 7) is 4.88. The molecule has 1 saturated heterocycles. The topological polar surface area (TPSA) is 18.5 Å². The van der Waals surface area contributed by atoms with Crippen LogP contribution in [0.2, 0.25) is 0 Å². The maximum atomic E-state index is 5.54. The van der Waals surface area contributed by atoms with Gasteiger partial charge in [-0.3, -0.25) is 0 Å². The molecule has 1 aromatic carbocycles. The molecule has 1 aromatic rings. The maximum absolute atomic E-state index is 5.54. The summed E-state index contributed by atoms with van der Waals surface area (Å²) in [6, 6.07) is 10.4. The van der Waals surface area contributed by atoms with Crippen LogP contribution < -0.4 is 0 Å². The van der Waals surface area contributed by atoms with Gasteiger partial charge in [-0.25, -0.2) is 0 Å². The summed E-state index contributed by atoms with van der Waals surface area (Å²) in [7, 11) is 0. The van der Waals surface area contributed by atoms with Gasteiger partial charge in [0, 0.05) is 0 Å². The van der Waals surface area contributed by atoms with E-state index >= 15 is 0 Å². The normalized spacial score (nSPS) is 27.4. The van der Waals surface area contributed by atoms with E-state index in [9.17, 15) is 0 Å². The lowest BCUT2D eigenvalue weighted by molar-refractivity contribution is -0.0163. The second-order valence-electron chi connectivity index (χ2n) is 4.23. The highest BCUT2D eigenvalue weighted by Gasteiger charge is 2.19. The van der Waals surface area contributed by atoms with Gasteiger partial charge in [0.25, 0.3) is 0 Å². The number of hydrogen-bond acceptors (Lipinski definition) is 2. The number of ether oxygens (including phenoxy) is 2. The van der Waals surface area contributed by atoms with Gasteiger partial charge >= 0.3 is 0 Å². The van der Waals surface area contributed by atoms with E-state index in [1.54, 1.807) is 0 Å². The van der Waals surface area contributed by atoms with Crippen LogP contribution >= 0.6 is 0 Å². The second-order valence-corrected chi connectivity index (χ2v) is 4.23. The first-order valence-electron chi connectivity index (χ1n) is 5.76. The van der Waals surface area contributed by atoms with Crippen LogP contribution in [0.5, 0.6) is 0 Å². The SMILES string of the molecule is CC1COC(C=CC(C)c2ccccc2)O1.